The van der Waals surface area contributed by atoms with E-state index in [1.807, 2.05) is 52.0 Å². The number of nitrogens with zero attached hydrogens (tertiary/aromatic N) is 1. The van der Waals surface area contributed by atoms with E-state index < -0.39 is 7.25 Å². The zero-order valence-corrected chi connectivity index (χ0v) is 10.5. The van der Waals surface area contributed by atoms with Crippen LogP contribution in [0.1, 0.15) is 10.4 Å². The van der Waals surface area contributed by atoms with Crippen LogP contribution in [0, 0.1) is 0 Å². The highest BCUT2D eigenvalue weighted by molar-refractivity contribution is 7.07. The Hall–Kier alpha value is -1.70. The first-order chi connectivity index (χ1) is 8.86. The van der Waals surface area contributed by atoms with Crippen molar-refractivity contribution < 1.29 is 26.6 Å². The zero-order chi connectivity index (χ0) is 14.3. The van der Waals surface area contributed by atoms with Crippen molar-refractivity contribution in [3.8, 4) is 0 Å². The van der Waals surface area contributed by atoms with Crippen molar-refractivity contribution in [1.82, 2.24) is 0 Å². The van der Waals surface area contributed by atoms with E-state index in [-0.39, 0.29) is 5.78 Å². The summed E-state index contributed by atoms with van der Waals surface area (Å²) in [7, 11) is -6.00. The van der Waals surface area contributed by atoms with Crippen LogP contribution in [-0.4, -0.2) is 13.0 Å². The zero-order valence-electron chi connectivity index (χ0n) is 9.68. The molecule has 2 rings (SSSR count). The molecule has 102 valence electrons. The van der Waals surface area contributed by atoms with E-state index in [0.29, 0.717) is 6.54 Å². The summed E-state index contributed by atoms with van der Waals surface area (Å²) in [5, 5.41) is 1.96. The Morgan fingerprint density at radius 2 is 1.74 bits per heavy atom. The number of carbonyl (C=O) groups excluding carboxylic acids is 1. The molecule has 0 spiro atoms. The molecule has 0 aliphatic rings. The molecule has 0 radical (unpaired) electrons. The first-order valence-electron chi connectivity index (χ1n) is 5.23. The number of hydrogen-bond acceptors (Lipinski definition) is 2. The van der Waals surface area contributed by atoms with Crippen molar-refractivity contribution in [2.75, 3.05) is 0 Å². The van der Waals surface area contributed by atoms with E-state index in [4.69, 9.17) is 0 Å². The van der Waals surface area contributed by atoms with Crippen molar-refractivity contribution >= 4 is 24.4 Å². The summed E-state index contributed by atoms with van der Waals surface area (Å²) >= 11 is 1.59. The van der Waals surface area contributed by atoms with Gasteiger partial charge in [0.2, 0.25) is 17.8 Å². The molecular formula is C11H10BF4NOS. The van der Waals surface area contributed by atoms with Gasteiger partial charge in [-0.25, -0.2) is 0 Å². The quantitative estimate of drug-likeness (QED) is 0.368. The van der Waals surface area contributed by atoms with Gasteiger partial charge in [-0.2, -0.15) is 4.57 Å². The smallest absolute Gasteiger partial charge is 0.418 e. The molecule has 0 aliphatic carbocycles. The third-order valence-corrected chi connectivity index (χ3v) is 2.62. The Kier molecular flexibility index (Phi) is 5.69. The topological polar surface area (TPSA) is 20.9 Å². The number of aromatic nitrogens is 1. The maximum absolute atomic E-state index is 11.7. The molecule has 0 bridgehead atoms. The summed E-state index contributed by atoms with van der Waals surface area (Å²) in [4.78, 5) is 11.7. The van der Waals surface area contributed by atoms with Gasteiger partial charge < -0.3 is 17.3 Å². The van der Waals surface area contributed by atoms with Gasteiger partial charge in [0, 0.05) is 5.56 Å². The number of ketones is 1. The van der Waals surface area contributed by atoms with E-state index in [1.54, 1.807) is 11.3 Å². The number of Topliss-reactive ketones (excluding diaryl/α,β-unsaturated/α-hetero) is 1. The van der Waals surface area contributed by atoms with Crippen molar-refractivity contribution in [2.24, 2.45) is 0 Å². The number of halogens is 4. The number of hydrogen-bond donors (Lipinski definition) is 0. The lowest BCUT2D eigenvalue weighted by atomic mass is 10.1. The Balaban J connectivity index is 0.000000312. The van der Waals surface area contributed by atoms with E-state index in [1.165, 1.54) is 0 Å². The van der Waals surface area contributed by atoms with E-state index >= 15 is 0 Å². The first-order valence-corrected chi connectivity index (χ1v) is 6.17. The van der Waals surface area contributed by atoms with Crippen LogP contribution in [0.25, 0.3) is 0 Å². The highest BCUT2D eigenvalue weighted by Gasteiger charge is 2.20. The second-order valence-corrected chi connectivity index (χ2v) is 4.24. The van der Waals surface area contributed by atoms with Gasteiger partial charge in [0.25, 0.3) is 0 Å². The number of thiazole rings is 1. The average Bonchev–Trinajstić information content (AvgIpc) is 2.81. The molecule has 0 amide bonds. The maximum atomic E-state index is 11.7. The Morgan fingerprint density at radius 1 is 1.16 bits per heavy atom. The normalized spacial score (nSPS) is 10.5. The molecule has 0 fully saturated rings. The largest absolute Gasteiger partial charge is 0.673 e. The Morgan fingerprint density at radius 3 is 2.21 bits per heavy atom. The van der Waals surface area contributed by atoms with Crippen LogP contribution in [0.3, 0.4) is 0 Å². The number of rotatable bonds is 3. The monoisotopic (exact) mass is 291 g/mol. The lowest BCUT2D eigenvalue weighted by Crippen LogP contribution is -2.34. The minimum atomic E-state index is -6.00. The van der Waals surface area contributed by atoms with Gasteiger partial charge in [-0.1, -0.05) is 41.7 Å². The van der Waals surface area contributed by atoms with Crippen LogP contribution in [0.5, 0.6) is 0 Å². The van der Waals surface area contributed by atoms with Crippen LogP contribution < -0.4 is 4.57 Å². The molecule has 0 N–H and O–H groups in total. The SMILES string of the molecule is F[B-](F)(F)F.O=C(C[n+]1ccsc1)c1ccccc1. The summed E-state index contributed by atoms with van der Waals surface area (Å²) in [6.45, 7) is 0.424. The van der Waals surface area contributed by atoms with E-state index in [0.717, 1.165) is 5.56 Å². The van der Waals surface area contributed by atoms with E-state index in [9.17, 15) is 22.1 Å². The third-order valence-electron chi connectivity index (χ3n) is 1.95. The maximum Gasteiger partial charge on any atom is 0.673 e. The minimum absolute atomic E-state index is 0.147. The molecule has 0 unspecified atom stereocenters. The predicted molar refractivity (Wildman–Crippen MR) is 65.5 cm³/mol. The van der Waals surface area contributed by atoms with Crippen molar-refractivity contribution in [1.29, 1.82) is 0 Å². The van der Waals surface area contributed by atoms with Gasteiger partial charge in [-0.05, 0) is 0 Å². The fourth-order valence-electron chi connectivity index (χ4n) is 1.23. The summed E-state index contributed by atoms with van der Waals surface area (Å²) in [5.74, 6) is 0.147. The molecule has 0 saturated heterocycles. The first kappa shape index (κ1) is 15.4. The summed E-state index contributed by atoms with van der Waals surface area (Å²) in [6.07, 6.45) is 1.91. The van der Waals surface area contributed by atoms with Gasteiger partial charge >= 0.3 is 7.25 Å². The molecule has 0 saturated carbocycles. The van der Waals surface area contributed by atoms with Crippen molar-refractivity contribution in [3.05, 3.63) is 53.0 Å². The van der Waals surface area contributed by atoms with Gasteiger partial charge in [-0.15, -0.1) is 0 Å². The molecule has 0 aliphatic heterocycles. The molecule has 0 atom stereocenters. The lowest BCUT2D eigenvalue weighted by Gasteiger charge is -1.94. The van der Waals surface area contributed by atoms with Crippen LogP contribution >= 0.6 is 11.3 Å². The molecular weight excluding hydrogens is 281 g/mol. The summed E-state index contributed by atoms with van der Waals surface area (Å²) in [6, 6.07) is 9.36. The number of benzene rings is 1. The standard InChI is InChI=1S/C11H10NOS.BF4/c13-11(8-12-6-7-14-9-12)10-4-2-1-3-5-10;2-1(3,4)5/h1-7,9H,8H2;/q+1;-1. The highest BCUT2D eigenvalue weighted by atomic mass is 32.1. The summed E-state index contributed by atoms with van der Waals surface area (Å²) < 4.78 is 40.9. The molecule has 8 heteroatoms. The van der Waals surface area contributed by atoms with Crippen molar-refractivity contribution in [3.63, 3.8) is 0 Å². The number of carbonyl (C=O) groups is 1. The van der Waals surface area contributed by atoms with Gasteiger partial charge in [0.05, 0.1) is 5.38 Å². The highest BCUT2D eigenvalue weighted by Crippen LogP contribution is 2.06. The van der Waals surface area contributed by atoms with Crippen molar-refractivity contribution in [2.45, 2.75) is 6.54 Å². The van der Waals surface area contributed by atoms with E-state index in [2.05, 4.69) is 0 Å². The fourth-order valence-corrected chi connectivity index (χ4v) is 1.83. The fraction of sp³-hybridized carbons (Fsp3) is 0.0909. The second-order valence-electron chi connectivity index (χ2n) is 3.48. The van der Waals surface area contributed by atoms with Crippen LogP contribution in [0.4, 0.5) is 17.3 Å². The van der Waals surface area contributed by atoms with Gasteiger partial charge in [-0.3, -0.25) is 4.79 Å². The third kappa shape index (κ3) is 7.35. The molecule has 2 nitrogen and oxygen atoms in total. The molecule has 2 aromatic rings. The summed E-state index contributed by atoms with van der Waals surface area (Å²) in [5.41, 5.74) is 2.70. The lowest BCUT2D eigenvalue weighted by molar-refractivity contribution is -0.678. The molecule has 19 heavy (non-hydrogen) atoms. The average molecular weight is 291 g/mol. The van der Waals surface area contributed by atoms with Gasteiger partial charge in [0.1, 0.15) is 0 Å². The Bertz CT molecular complexity index is 495. The second kappa shape index (κ2) is 7.03. The van der Waals surface area contributed by atoms with Crippen LogP contribution in [-0.2, 0) is 6.54 Å². The van der Waals surface area contributed by atoms with Gasteiger partial charge in [0.15, 0.2) is 6.20 Å². The van der Waals surface area contributed by atoms with Crippen LogP contribution in [0.2, 0.25) is 0 Å². The van der Waals surface area contributed by atoms with Crippen LogP contribution in [0.15, 0.2) is 47.4 Å². The predicted octanol–water partition coefficient (Wildman–Crippen LogP) is 3.22. The minimum Gasteiger partial charge on any atom is -0.418 e. The molecule has 1 aromatic heterocycles. The molecule has 1 heterocycles. The Labute approximate surface area is 111 Å². The molecule has 1 aromatic carbocycles.